The van der Waals surface area contributed by atoms with Crippen LogP contribution in [-0.2, 0) is 0 Å². The van der Waals surface area contributed by atoms with E-state index in [9.17, 15) is 18.4 Å². The monoisotopic (exact) mass is 676 g/mol. The van der Waals surface area contributed by atoms with E-state index in [0.717, 1.165) is 23.3 Å². The molecular weight excluding hydrogens is 638 g/mol. The second kappa shape index (κ2) is 14.3. The van der Waals surface area contributed by atoms with Crippen LogP contribution in [0.5, 0.6) is 0 Å². The van der Waals surface area contributed by atoms with Gasteiger partial charge in [0.2, 0.25) is 11.9 Å². The minimum absolute atomic E-state index is 0.0527. The molecular formula is C38H38F2N8O2. The van der Waals surface area contributed by atoms with Gasteiger partial charge in [-0.3, -0.25) is 9.80 Å². The molecule has 256 valence electrons. The maximum absolute atomic E-state index is 13.2. The molecule has 0 saturated carbocycles. The van der Waals surface area contributed by atoms with Crippen LogP contribution in [-0.4, -0.2) is 79.1 Å². The molecule has 0 spiro atoms. The highest BCUT2D eigenvalue weighted by Gasteiger charge is 2.46. The molecule has 50 heavy (non-hydrogen) atoms. The van der Waals surface area contributed by atoms with E-state index in [2.05, 4.69) is 57.5 Å². The number of aromatic nitrogens is 4. The largest absolute Gasteiger partial charge is 0.327 e. The molecule has 2 fully saturated rings. The number of carbonyl (C=O) groups excluding carboxylic acids is 2. The first kappa shape index (κ1) is 35.4. The van der Waals surface area contributed by atoms with Gasteiger partial charge < -0.3 is 9.80 Å². The first-order valence-corrected chi connectivity index (χ1v) is 16.0. The summed E-state index contributed by atoms with van der Waals surface area (Å²) in [5.41, 5.74) is 1.97. The van der Waals surface area contributed by atoms with Crippen molar-refractivity contribution in [2.45, 2.75) is 58.7 Å². The molecule has 10 nitrogen and oxygen atoms in total. The summed E-state index contributed by atoms with van der Waals surface area (Å²) in [6, 6.07) is 13.1. The van der Waals surface area contributed by atoms with Gasteiger partial charge in [0.25, 0.3) is 0 Å². The van der Waals surface area contributed by atoms with Crippen LogP contribution in [0.2, 0.25) is 0 Å². The van der Waals surface area contributed by atoms with Crippen LogP contribution in [0.4, 0.5) is 30.3 Å². The molecule has 2 saturated heterocycles. The summed E-state index contributed by atoms with van der Waals surface area (Å²) in [6.45, 7) is 13.1. The second-order valence-electron chi connectivity index (χ2n) is 13.4. The summed E-state index contributed by atoms with van der Waals surface area (Å²) in [5.74, 6) is 10.5. The zero-order valence-corrected chi connectivity index (χ0v) is 29.1. The molecule has 2 aromatic carbocycles. The number of benzene rings is 2. The van der Waals surface area contributed by atoms with Gasteiger partial charge in [0, 0.05) is 49.0 Å². The fraction of sp³-hybridized carbons (Fsp3) is 0.316. The molecule has 2 aliphatic rings. The van der Waals surface area contributed by atoms with Crippen molar-refractivity contribution in [2.75, 3.05) is 29.9 Å². The van der Waals surface area contributed by atoms with Crippen LogP contribution in [0.1, 0.15) is 63.8 Å². The number of hydrogen-bond acceptors (Lipinski definition) is 6. The molecule has 2 aromatic heterocycles. The molecule has 0 atom stereocenters. The summed E-state index contributed by atoms with van der Waals surface area (Å²) in [5, 5.41) is 0. The SMILES string of the molecule is CC(C)N1C(=O)N(c2ncc(C#Cc3ccccc3)cn2)CC1(C)C.CN1C(=O)N(c2ncc(C#Cc3ccc(F)c(F)c3)cn2)CC1(C)C. The second-order valence-corrected chi connectivity index (χ2v) is 13.4. The molecule has 4 amide bonds. The number of amides is 4. The number of halogens is 2. The van der Waals surface area contributed by atoms with Crippen LogP contribution in [0, 0.1) is 35.3 Å². The fourth-order valence-corrected chi connectivity index (χ4v) is 5.59. The van der Waals surface area contributed by atoms with Gasteiger partial charge in [-0.15, -0.1) is 0 Å². The van der Waals surface area contributed by atoms with E-state index in [1.54, 1.807) is 29.2 Å². The predicted molar refractivity (Wildman–Crippen MR) is 187 cm³/mol. The minimum Gasteiger partial charge on any atom is -0.320 e. The molecule has 2 aliphatic heterocycles. The van der Waals surface area contributed by atoms with E-state index in [0.29, 0.717) is 36.1 Å². The van der Waals surface area contributed by atoms with Crippen LogP contribution in [0.25, 0.3) is 0 Å². The number of likely N-dealkylation sites (N-methyl/N-ethyl adjacent to an activating group) is 1. The van der Waals surface area contributed by atoms with Crippen LogP contribution in [0.3, 0.4) is 0 Å². The van der Waals surface area contributed by atoms with Gasteiger partial charge >= 0.3 is 12.1 Å². The van der Waals surface area contributed by atoms with Crippen molar-refractivity contribution >= 4 is 24.0 Å². The molecule has 12 heteroatoms. The maximum Gasteiger partial charge on any atom is 0.327 e. The zero-order valence-electron chi connectivity index (χ0n) is 29.1. The van der Waals surface area contributed by atoms with Gasteiger partial charge in [-0.1, -0.05) is 41.9 Å². The summed E-state index contributed by atoms with van der Waals surface area (Å²) in [4.78, 5) is 48.7. The highest BCUT2D eigenvalue weighted by molar-refractivity contribution is 5.94. The third-order valence-electron chi connectivity index (χ3n) is 8.28. The van der Waals surface area contributed by atoms with Crippen molar-refractivity contribution in [3.05, 3.63) is 107 Å². The number of rotatable bonds is 3. The maximum atomic E-state index is 13.2. The van der Waals surface area contributed by atoms with Gasteiger partial charge in [-0.05, 0) is 71.9 Å². The summed E-state index contributed by atoms with van der Waals surface area (Å²) >= 11 is 0. The normalized spacial score (nSPS) is 16.0. The van der Waals surface area contributed by atoms with Crippen LogP contribution >= 0.6 is 0 Å². The topological polar surface area (TPSA) is 98.7 Å². The third-order valence-corrected chi connectivity index (χ3v) is 8.28. The number of hydrogen-bond donors (Lipinski definition) is 0. The molecule has 0 unspecified atom stereocenters. The fourth-order valence-electron chi connectivity index (χ4n) is 5.59. The first-order valence-electron chi connectivity index (χ1n) is 16.0. The average molecular weight is 677 g/mol. The number of urea groups is 2. The highest BCUT2D eigenvalue weighted by Crippen LogP contribution is 2.30. The van der Waals surface area contributed by atoms with E-state index < -0.39 is 11.6 Å². The molecule has 4 heterocycles. The Morgan fingerprint density at radius 1 is 0.640 bits per heavy atom. The van der Waals surface area contributed by atoms with Gasteiger partial charge in [0.1, 0.15) is 0 Å². The lowest BCUT2D eigenvalue weighted by atomic mass is 10.0. The van der Waals surface area contributed by atoms with Crippen molar-refractivity contribution in [1.29, 1.82) is 0 Å². The van der Waals surface area contributed by atoms with Crippen LogP contribution < -0.4 is 9.80 Å². The van der Waals surface area contributed by atoms with Crippen molar-refractivity contribution in [1.82, 2.24) is 29.7 Å². The summed E-state index contributed by atoms with van der Waals surface area (Å²) in [6.07, 6.45) is 6.31. The Kier molecular flexibility index (Phi) is 10.1. The van der Waals surface area contributed by atoms with Crippen molar-refractivity contribution in [3.63, 3.8) is 0 Å². The Balaban J connectivity index is 0.000000194. The lowest BCUT2D eigenvalue weighted by Gasteiger charge is -2.32. The Morgan fingerprint density at radius 3 is 1.58 bits per heavy atom. The van der Waals surface area contributed by atoms with E-state index in [1.807, 2.05) is 62.9 Å². The number of nitrogens with zero attached hydrogens (tertiary/aromatic N) is 8. The third kappa shape index (κ3) is 7.87. The van der Waals surface area contributed by atoms with E-state index in [4.69, 9.17) is 0 Å². The standard InChI is InChI=1S/C20H22N4O.C18H16F2N4O/c1-15(2)24-19(25)23(14-20(24,3)4)18-21-12-17(13-22-18)11-10-16-8-6-5-7-9-16;1-18(2)11-24(17(25)23(18)3)16-21-9-13(10-22-16)5-4-12-6-7-14(19)15(20)8-12/h5-9,12-13,15H,14H2,1-4H3;6-10H,11H2,1-3H3. The molecule has 0 radical (unpaired) electrons. The Bertz CT molecular complexity index is 1990. The van der Waals surface area contributed by atoms with Crippen molar-refractivity contribution in [3.8, 4) is 23.7 Å². The first-order chi connectivity index (χ1) is 23.7. The Hall–Kier alpha value is -5.88. The summed E-state index contributed by atoms with van der Waals surface area (Å²) < 4.78 is 26.0. The molecule has 4 aromatic rings. The molecule has 0 bridgehead atoms. The van der Waals surface area contributed by atoms with E-state index in [-0.39, 0.29) is 29.2 Å². The lowest BCUT2D eigenvalue weighted by molar-refractivity contribution is 0.152. The number of anilines is 2. The van der Waals surface area contributed by atoms with Gasteiger partial charge in [0.05, 0.1) is 35.3 Å². The van der Waals surface area contributed by atoms with Crippen LogP contribution in [0.15, 0.2) is 73.3 Å². The Morgan fingerprint density at radius 2 is 1.12 bits per heavy atom. The molecule has 6 rings (SSSR count). The lowest BCUT2D eigenvalue weighted by Crippen LogP contribution is -2.46. The number of carbonyl (C=O) groups is 2. The minimum atomic E-state index is -0.947. The predicted octanol–water partition coefficient (Wildman–Crippen LogP) is 6.11. The average Bonchev–Trinajstić information content (AvgIpc) is 3.47. The summed E-state index contributed by atoms with van der Waals surface area (Å²) in [7, 11) is 1.74. The molecule has 0 N–H and O–H groups in total. The molecule has 0 aliphatic carbocycles. The zero-order chi connectivity index (χ0) is 36.2. The highest BCUT2D eigenvalue weighted by atomic mass is 19.2. The Labute approximate surface area is 291 Å². The smallest absolute Gasteiger partial charge is 0.320 e. The van der Waals surface area contributed by atoms with Crippen molar-refractivity contribution in [2.24, 2.45) is 0 Å². The van der Waals surface area contributed by atoms with Gasteiger partial charge in [-0.2, -0.15) is 0 Å². The van der Waals surface area contributed by atoms with Gasteiger partial charge in [0.15, 0.2) is 11.6 Å². The quantitative estimate of drug-likeness (QED) is 0.243. The van der Waals surface area contributed by atoms with Gasteiger partial charge in [-0.25, -0.2) is 38.3 Å². The van der Waals surface area contributed by atoms with E-state index in [1.165, 1.54) is 23.4 Å². The van der Waals surface area contributed by atoms with Crippen molar-refractivity contribution < 1.29 is 18.4 Å². The van der Waals surface area contributed by atoms with E-state index >= 15 is 0 Å².